The first-order valence-electron chi connectivity index (χ1n) is 9.00. The number of anilines is 1. The smallest absolute Gasteiger partial charge is 0.261 e. The van der Waals surface area contributed by atoms with Crippen molar-refractivity contribution in [3.63, 3.8) is 0 Å². The fraction of sp³-hybridized carbons (Fsp3) is 0.143. The molecule has 0 aliphatic carbocycles. The minimum Gasteiger partial charge on any atom is -0.454 e. The van der Waals surface area contributed by atoms with Crippen molar-refractivity contribution in [2.45, 2.75) is 18.4 Å². The van der Waals surface area contributed by atoms with E-state index in [1.54, 1.807) is 30.3 Å². The zero-order valence-electron chi connectivity index (χ0n) is 15.2. The lowest BCUT2D eigenvalue weighted by Crippen LogP contribution is -2.12. The van der Waals surface area contributed by atoms with Crippen molar-refractivity contribution in [3.8, 4) is 11.5 Å². The highest BCUT2D eigenvalue weighted by atomic mass is 32.2. The number of nitrogens with zero attached hydrogens (tertiary/aromatic N) is 1. The third-order valence-electron chi connectivity index (χ3n) is 5.00. The number of rotatable bonds is 4. The van der Waals surface area contributed by atoms with Gasteiger partial charge in [-0.15, -0.1) is 0 Å². The molecule has 1 aliphatic rings. The average Bonchev–Trinajstić information content (AvgIpc) is 3.28. The Labute approximate surface area is 162 Å². The monoisotopic (exact) mass is 394 g/mol. The highest BCUT2D eigenvalue weighted by Gasteiger charge is 2.19. The predicted octanol–water partition coefficient (Wildman–Crippen LogP) is 4.34. The third-order valence-corrected chi connectivity index (χ3v) is 6.37. The van der Waals surface area contributed by atoms with Crippen molar-refractivity contribution in [1.82, 2.24) is 4.57 Å². The van der Waals surface area contributed by atoms with Gasteiger partial charge in [0.15, 0.2) is 11.5 Å². The molecule has 1 aliphatic heterocycles. The molecule has 2 heterocycles. The van der Waals surface area contributed by atoms with Crippen molar-refractivity contribution in [3.05, 3.63) is 60.7 Å². The van der Waals surface area contributed by atoms with E-state index < -0.39 is 10.0 Å². The number of hydrogen-bond acceptors (Lipinski definition) is 4. The Morgan fingerprint density at radius 3 is 2.57 bits per heavy atom. The van der Waals surface area contributed by atoms with E-state index in [9.17, 15) is 8.42 Å². The molecule has 0 saturated carbocycles. The number of fused-ring (bicyclic) bond motifs is 4. The van der Waals surface area contributed by atoms with E-state index in [4.69, 9.17) is 9.47 Å². The van der Waals surface area contributed by atoms with E-state index in [2.05, 4.69) is 22.3 Å². The molecule has 142 valence electrons. The van der Waals surface area contributed by atoms with E-state index >= 15 is 0 Å². The zero-order chi connectivity index (χ0) is 19.3. The van der Waals surface area contributed by atoms with Crippen molar-refractivity contribution in [2.24, 2.45) is 0 Å². The van der Waals surface area contributed by atoms with Gasteiger partial charge in [-0.05, 0) is 43.3 Å². The summed E-state index contributed by atoms with van der Waals surface area (Å²) in [6.45, 7) is 3.03. The molecule has 28 heavy (non-hydrogen) atoms. The number of sulfonamides is 1. The Morgan fingerprint density at radius 1 is 0.929 bits per heavy atom. The molecule has 7 heteroatoms. The molecule has 0 fully saturated rings. The van der Waals surface area contributed by atoms with Gasteiger partial charge < -0.3 is 14.0 Å². The minimum absolute atomic E-state index is 0.143. The normalized spacial score (nSPS) is 13.3. The second-order valence-corrected chi connectivity index (χ2v) is 8.30. The van der Waals surface area contributed by atoms with Crippen molar-refractivity contribution < 1.29 is 17.9 Å². The second-order valence-electron chi connectivity index (χ2n) is 6.61. The van der Waals surface area contributed by atoms with E-state index in [0.29, 0.717) is 17.2 Å². The van der Waals surface area contributed by atoms with Gasteiger partial charge in [0.1, 0.15) is 0 Å². The summed E-state index contributed by atoms with van der Waals surface area (Å²) in [5, 5.41) is 1.96. The summed E-state index contributed by atoms with van der Waals surface area (Å²) in [6.07, 6.45) is 0. The lowest BCUT2D eigenvalue weighted by atomic mass is 10.1. The van der Waals surface area contributed by atoms with Gasteiger partial charge in [0.25, 0.3) is 10.0 Å². The molecule has 5 rings (SSSR count). The van der Waals surface area contributed by atoms with Gasteiger partial charge in [-0.2, -0.15) is 0 Å². The Bertz CT molecular complexity index is 1330. The van der Waals surface area contributed by atoms with Gasteiger partial charge in [-0.1, -0.05) is 18.2 Å². The lowest BCUT2D eigenvalue weighted by Gasteiger charge is -2.09. The maximum atomic E-state index is 13.0. The van der Waals surface area contributed by atoms with Crippen LogP contribution in [0.4, 0.5) is 5.69 Å². The predicted molar refractivity (Wildman–Crippen MR) is 108 cm³/mol. The molecule has 0 atom stereocenters. The largest absolute Gasteiger partial charge is 0.454 e. The van der Waals surface area contributed by atoms with Gasteiger partial charge in [-0.3, -0.25) is 4.72 Å². The van der Waals surface area contributed by atoms with Gasteiger partial charge in [0.2, 0.25) is 6.79 Å². The molecule has 0 unspecified atom stereocenters. The van der Waals surface area contributed by atoms with Crippen LogP contribution in [0.3, 0.4) is 0 Å². The summed E-state index contributed by atoms with van der Waals surface area (Å²) < 4.78 is 41.3. The van der Waals surface area contributed by atoms with Gasteiger partial charge in [-0.25, -0.2) is 8.42 Å². The standard InChI is InChI=1S/C21H18N2O4S/c1-2-23-18-6-4-3-5-16(18)17-12-15(8-9-19(17)23)28(24,25)22-14-7-10-20-21(11-14)27-13-26-20/h3-12,22H,2,13H2,1H3. The molecule has 4 aromatic rings. The molecule has 0 radical (unpaired) electrons. The topological polar surface area (TPSA) is 69.6 Å². The molecular formula is C21H18N2O4S. The van der Waals surface area contributed by atoms with Gasteiger partial charge in [0.05, 0.1) is 10.6 Å². The van der Waals surface area contributed by atoms with E-state index in [1.807, 2.05) is 24.3 Å². The molecule has 1 aromatic heterocycles. The molecule has 0 bridgehead atoms. The summed E-state index contributed by atoms with van der Waals surface area (Å²) in [5.41, 5.74) is 2.55. The highest BCUT2D eigenvalue weighted by Crippen LogP contribution is 2.35. The number of aromatic nitrogens is 1. The van der Waals surface area contributed by atoms with Crippen molar-refractivity contribution >= 4 is 37.5 Å². The second kappa shape index (κ2) is 6.17. The Balaban J connectivity index is 1.59. The highest BCUT2D eigenvalue weighted by molar-refractivity contribution is 7.92. The molecular weight excluding hydrogens is 376 g/mol. The summed E-state index contributed by atoms with van der Waals surface area (Å²) in [4.78, 5) is 0.219. The first kappa shape index (κ1) is 16.9. The average molecular weight is 394 g/mol. The van der Waals surface area contributed by atoms with Crippen LogP contribution in [0.25, 0.3) is 21.8 Å². The molecule has 6 nitrogen and oxygen atoms in total. The number of hydrogen-bond donors (Lipinski definition) is 1. The number of para-hydroxylation sites is 1. The minimum atomic E-state index is -3.74. The van der Waals surface area contributed by atoms with Crippen LogP contribution in [-0.2, 0) is 16.6 Å². The number of nitrogens with one attached hydrogen (secondary N) is 1. The summed E-state index contributed by atoms with van der Waals surface area (Å²) >= 11 is 0. The third kappa shape index (κ3) is 2.58. The van der Waals surface area contributed by atoms with Crippen LogP contribution in [0.15, 0.2) is 65.6 Å². The van der Waals surface area contributed by atoms with Crippen LogP contribution < -0.4 is 14.2 Å². The SMILES string of the molecule is CCn1c2ccccc2c2cc(S(=O)(=O)Nc3ccc4c(c3)OCO4)ccc21. The molecule has 0 amide bonds. The Hall–Kier alpha value is -3.19. The number of benzene rings is 3. The number of aryl methyl sites for hydroxylation is 1. The van der Waals surface area contributed by atoms with E-state index in [1.165, 1.54) is 0 Å². The molecule has 3 aromatic carbocycles. The fourth-order valence-corrected chi connectivity index (χ4v) is 4.79. The van der Waals surface area contributed by atoms with Crippen LogP contribution in [-0.4, -0.2) is 19.8 Å². The van der Waals surface area contributed by atoms with Crippen LogP contribution in [0.1, 0.15) is 6.92 Å². The lowest BCUT2D eigenvalue weighted by molar-refractivity contribution is 0.174. The van der Waals surface area contributed by atoms with Crippen LogP contribution in [0.5, 0.6) is 11.5 Å². The van der Waals surface area contributed by atoms with Gasteiger partial charge in [0, 0.05) is 34.4 Å². The summed E-state index contributed by atoms with van der Waals surface area (Å²) in [7, 11) is -3.74. The van der Waals surface area contributed by atoms with Crippen LogP contribution in [0, 0.1) is 0 Å². The van der Waals surface area contributed by atoms with E-state index in [0.717, 1.165) is 28.4 Å². The fourth-order valence-electron chi connectivity index (χ4n) is 3.71. The maximum absolute atomic E-state index is 13.0. The Kier molecular flexibility index (Phi) is 3.73. The first-order chi connectivity index (χ1) is 13.6. The maximum Gasteiger partial charge on any atom is 0.261 e. The molecule has 0 saturated heterocycles. The van der Waals surface area contributed by atoms with Crippen molar-refractivity contribution in [1.29, 1.82) is 0 Å². The quantitative estimate of drug-likeness (QED) is 0.559. The van der Waals surface area contributed by atoms with Crippen LogP contribution in [0.2, 0.25) is 0 Å². The number of ether oxygens (including phenoxy) is 2. The molecule has 0 spiro atoms. The molecule has 1 N–H and O–H groups in total. The van der Waals surface area contributed by atoms with E-state index in [-0.39, 0.29) is 11.7 Å². The summed E-state index contributed by atoms with van der Waals surface area (Å²) in [5.74, 6) is 1.14. The van der Waals surface area contributed by atoms with Crippen molar-refractivity contribution in [2.75, 3.05) is 11.5 Å². The first-order valence-corrected chi connectivity index (χ1v) is 10.5. The zero-order valence-corrected chi connectivity index (χ0v) is 16.0. The Morgan fingerprint density at radius 2 is 1.71 bits per heavy atom. The van der Waals surface area contributed by atoms with Gasteiger partial charge >= 0.3 is 0 Å². The van der Waals surface area contributed by atoms with Crippen LogP contribution >= 0.6 is 0 Å². The summed E-state index contributed by atoms with van der Waals surface area (Å²) in [6, 6.07) is 18.3.